The summed E-state index contributed by atoms with van der Waals surface area (Å²) in [6, 6.07) is 6.15. The average Bonchev–Trinajstić information content (AvgIpc) is 3.94. The number of benzene rings is 1. The number of aliphatic hydroxyl groups excluding tert-OH is 2. The Labute approximate surface area is 263 Å². The number of hydrogen-bond acceptors (Lipinski definition) is 10. The standard InChI is InChI=1S/C34H45NO10/c1-33(2,3)44-29(38)13-12-26(20-37)35-31(39)23-18-27(30-28(19-23)43-34(45-30,24-8-9-24)25-10-11-25)42-32(40)22-6-4-21(5-7-22)14-16-41-17-15-36/h4-7,14,16,19,24-28,30,36-37H,8-13,15,17-18,20H2,1-3H3,(H,35,39)/t26-,27+,28+,30-/m0/s1. The van der Waals surface area contributed by atoms with E-state index in [1.807, 2.05) is 0 Å². The molecule has 1 heterocycles. The van der Waals surface area contributed by atoms with Gasteiger partial charge in [0.1, 0.15) is 30.5 Å². The third-order valence-electron chi connectivity index (χ3n) is 8.34. The Morgan fingerprint density at radius 1 is 1.07 bits per heavy atom. The van der Waals surface area contributed by atoms with Crippen molar-refractivity contribution in [3.8, 4) is 0 Å². The first-order chi connectivity index (χ1) is 21.5. The molecule has 4 atom stereocenters. The lowest BCUT2D eigenvalue weighted by Gasteiger charge is -2.31. The molecule has 11 heteroatoms. The summed E-state index contributed by atoms with van der Waals surface area (Å²) < 4.78 is 29.8. The van der Waals surface area contributed by atoms with E-state index in [1.165, 1.54) is 6.26 Å². The number of esters is 2. The van der Waals surface area contributed by atoms with Gasteiger partial charge in [-0.2, -0.15) is 0 Å². The molecule has 246 valence electrons. The van der Waals surface area contributed by atoms with Crippen molar-refractivity contribution in [3.63, 3.8) is 0 Å². The molecule has 1 aromatic carbocycles. The normalized spacial score (nSPS) is 24.8. The van der Waals surface area contributed by atoms with Crippen LogP contribution < -0.4 is 5.32 Å². The molecule has 1 aliphatic heterocycles. The van der Waals surface area contributed by atoms with E-state index in [0.29, 0.717) is 11.1 Å². The smallest absolute Gasteiger partial charge is 0.338 e. The molecule has 0 spiro atoms. The lowest BCUT2D eigenvalue weighted by molar-refractivity contribution is -0.209. The number of carbonyl (C=O) groups excluding carboxylic acids is 3. The summed E-state index contributed by atoms with van der Waals surface area (Å²) >= 11 is 0. The van der Waals surface area contributed by atoms with E-state index in [9.17, 15) is 19.5 Å². The van der Waals surface area contributed by atoms with Crippen LogP contribution in [0.4, 0.5) is 0 Å². The van der Waals surface area contributed by atoms with Crippen LogP contribution in [-0.4, -0.2) is 83.6 Å². The summed E-state index contributed by atoms with van der Waals surface area (Å²) in [5.74, 6) is -1.53. The zero-order valence-electron chi connectivity index (χ0n) is 26.2. The summed E-state index contributed by atoms with van der Waals surface area (Å²) in [7, 11) is 0. The maximum atomic E-state index is 13.5. The van der Waals surface area contributed by atoms with Gasteiger partial charge in [-0.05, 0) is 82.7 Å². The number of rotatable bonds is 14. The molecule has 0 bridgehead atoms. The summed E-state index contributed by atoms with van der Waals surface area (Å²) in [5.41, 5.74) is 0.899. The molecule has 0 radical (unpaired) electrons. The SMILES string of the molecule is CC(C)(C)OC(=O)CC[C@@H](CO)NC(=O)C1=C[C@H]2OC(C3CC3)(C3CC3)O[C@H]2[C@H](OC(=O)c2ccc(C=COCCO)cc2)C1. The fraction of sp³-hybridized carbons (Fsp3) is 0.618. The van der Waals surface area contributed by atoms with Gasteiger partial charge in [-0.1, -0.05) is 12.1 Å². The van der Waals surface area contributed by atoms with Crippen LogP contribution in [0.2, 0.25) is 0 Å². The summed E-state index contributed by atoms with van der Waals surface area (Å²) in [5, 5.41) is 21.6. The molecule has 4 aliphatic rings. The summed E-state index contributed by atoms with van der Waals surface area (Å²) in [6.07, 6.45) is 7.48. The van der Waals surface area contributed by atoms with Gasteiger partial charge >= 0.3 is 11.9 Å². The monoisotopic (exact) mass is 627 g/mol. The minimum absolute atomic E-state index is 0.0409. The quantitative estimate of drug-likeness (QED) is 0.159. The predicted molar refractivity (Wildman–Crippen MR) is 162 cm³/mol. The van der Waals surface area contributed by atoms with Gasteiger partial charge in [-0.25, -0.2) is 4.79 Å². The minimum Gasteiger partial charge on any atom is -0.499 e. The Hall–Kier alpha value is -3.25. The van der Waals surface area contributed by atoms with Crippen LogP contribution >= 0.6 is 0 Å². The minimum atomic E-state index is -0.770. The van der Waals surface area contributed by atoms with Crippen LogP contribution in [0, 0.1) is 11.8 Å². The van der Waals surface area contributed by atoms with Gasteiger partial charge < -0.3 is 39.2 Å². The number of hydrogen-bond donors (Lipinski definition) is 3. The molecule has 5 rings (SSSR count). The van der Waals surface area contributed by atoms with E-state index in [2.05, 4.69) is 5.32 Å². The van der Waals surface area contributed by atoms with Crippen LogP contribution in [0.3, 0.4) is 0 Å². The zero-order chi connectivity index (χ0) is 32.2. The summed E-state index contributed by atoms with van der Waals surface area (Å²) in [6.45, 7) is 5.11. The zero-order valence-corrected chi connectivity index (χ0v) is 26.2. The highest BCUT2D eigenvalue weighted by atomic mass is 16.8. The second-order valence-electron chi connectivity index (χ2n) is 13.3. The highest BCUT2D eigenvalue weighted by Gasteiger charge is 2.64. The number of amides is 1. The number of carbonyl (C=O) groups is 3. The molecule has 11 nitrogen and oxygen atoms in total. The second kappa shape index (κ2) is 14.0. The van der Waals surface area contributed by atoms with E-state index < -0.39 is 53.6 Å². The van der Waals surface area contributed by atoms with Gasteiger partial charge in [0.05, 0.1) is 31.1 Å². The van der Waals surface area contributed by atoms with Crippen molar-refractivity contribution < 1.29 is 48.3 Å². The lowest BCUT2D eigenvalue weighted by atomic mass is 9.91. The molecule has 2 saturated carbocycles. The highest BCUT2D eigenvalue weighted by molar-refractivity contribution is 5.94. The predicted octanol–water partition coefficient (Wildman–Crippen LogP) is 3.42. The van der Waals surface area contributed by atoms with Crippen LogP contribution in [0.5, 0.6) is 0 Å². The van der Waals surface area contributed by atoms with Crippen molar-refractivity contribution in [2.75, 3.05) is 19.8 Å². The molecular weight excluding hydrogens is 582 g/mol. The van der Waals surface area contributed by atoms with E-state index in [4.69, 9.17) is 28.8 Å². The Balaban J connectivity index is 1.28. The first-order valence-corrected chi connectivity index (χ1v) is 15.9. The Bertz CT molecular complexity index is 1260. The number of fused-ring (bicyclic) bond motifs is 1. The molecule has 1 amide bonds. The number of ether oxygens (including phenoxy) is 5. The van der Waals surface area contributed by atoms with E-state index in [0.717, 1.165) is 31.2 Å². The van der Waals surface area contributed by atoms with Crippen LogP contribution in [0.1, 0.15) is 81.6 Å². The lowest BCUT2D eigenvalue weighted by Crippen LogP contribution is -2.45. The number of nitrogens with one attached hydrogen (secondary N) is 1. The largest absolute Gasteiger partial charge is 0.499 e. The van der Waals surface area contributed by atoms with Crippen molar-refractivity contribution in [1.82, 2.24) is 5.32 Å². The van der Waals surface area contributed by atoms with Crippen LogP contribution in [-0.2, 0) is 33.3 Å². The van der Waals surface area contributed by atoms with Gasteiger partial charge in [0.15, 0.2) is 5.79 Å². The molecule has 3 fully saturated rings. The maximum Gasteiger partial charge on any atom is 0.338 e. The van der Waals surface area contributed by atoms with Crippen molar-refractivity contribution in [3.05, 3.63) is 53.3 Å². The van der Waals surface area contributed by atoms with E-state index in [1.54, 1.807) is 57.2 Å². The van der Waals surface area contributed by atoms with Crippen molar-refractivity contribution >= 4 is 23.9 Å². The third kappa shape index (κ3) is 8.52. The highest BCUT2D eigenvalue weighted by Crippen LogP contribution is 2.59. The molecule has 45 heavy (non-hydrogen) atoms. The van der Waals surface area contributed by atoms with Gasteiger partial charge in [-0.3, -0.25) is 9.59 Å². The fourth-order valence-corrected chi connectivity index (χ4v) is 5.92. The Morgan fingerprint density at radius 2 is 1.76 bits per heavy atom. The van der Waals surface area contributed by atoms with Crippen molar-refractivity contribution in [2.45, 2.75) is 101 Å². The molecule has 3 aliphatic carbocycles. The van der Waals surface area contributed by atoms with Gasteiger partial charge in [0, 0.05) is 30.3 Å². The van der Waals surface area contributed by atoms with Gasteiger partial charge in [-0.15, -0.1) is 0 Å². The van der Waals surface area contributed by atoms with Crippen LogP contribution in [0.25, 0.3) is 6.08 Å². The fourth-order valence-electron chi connectivity index (χ4n) is 5.92. The van der Waals surface area contributed by atoms with E-state index in [-0.39, 0.29) is 50.9 Å². The van der Waals surface area contributed by atoms with Gasteiger partial charge in [0.2, 0.25) is 5.91 Å². The maximum absolute atomic E-state index is 13.5. The number of aliphatic hydroxyl groups is 2. The van der Waals surface area contributed by atoms with E-state index >= 15 is 0 Å². The molecule has 1 saturated heterocycles. The first kappa shape index (κ1) is 33.1. The third-order valence-corrected chi connectivity index (χ3v) is 8.34. The topological polar surface area (TPSA) is 150 Å². The first-order valence-electron chi connectivity index (χ1n) is 15.9. The van der Waals surface area contributed by atoms with Crippen LogP contribution in [0.15, 0.2) is 42.2 Å². The van der Waals surface area contributed by atoms with Crippen molar-refractivity contribution in [1.29, 1.82) is 0 Å². The van der Waals surface area contributed by atoms with Gasteiger partial charge in [0.25, 0.3) is 0 Å². The Morgan fingerprint density at radius 3 is 2.36 bits per heavy atom. The molecule has 1 aromatic rings. The molecular formula is C34H45NO10. The summed E-state index contributed by atoms with van der Waals surface area (Å²) in [4.78, 5) is 39.0. The molecule has 0 unspecified atom stereocenters. The second-order valence-corrected chi connectivity index (χ2v) is 13.3. The van der Waals surface area contributed by atoms with Crippen molar-refractivity contribution in [2.24, 2.45) is 11.8 Å². The average molecular weight is 628 g/mol. The molecule has 3 N–H and O–H groups in total. The molecule has 0 aromatic heterocycles. The Kier molecular flexibility index (Phi) is 10.3.